The second-order valence-electron chi connectivity index (χ2n) is 5.93. The fourth-order valence-corrected chi connectivity index (χ4v) is 2.78. The zero-order valence-corrected chi connectivity index (χ0v) is 14.2. The van der Waals surface area contributed by atoms with Crippen molar-refractivity contribution in [3.8, 4) is 5.75 Å². The molecule has 0 amide bonds. The highest BCUT2D eigenvalue weighted by molar-refractivity contribution is 5.53. The van der Waals surface area contributed by atoms with E-state index in [-0.39, 0.29) is 5.95 Å². The summed E-state index contributed by atoms with van der Waals surface area (Å²) < 4.78 is 5.38. The molecule has 1 aromatic heterocycles. The number of aromatic nitrogens is 2. The molecule has 0 spiro atoms. The third-order valence-electron chi connectivity index (χ3n) is 4.21. The van der Waals surface area contributed by atoms with Gasteiger partial charge in [0.25, 0.3) is 0 Å². The van der Waals surface area contributed by atoms with E-state index >= 15 is 0 Å². The lowest BCUT2D eigenvalue weighted by Gasteiger charge is -2.33. The van der Waals surface area contributed by atoms with Gasteiger partial charge in [0.05, 0.1) is 7.11 Å². The standard InChI is InChI=1S/C17H24N6O/c1-22-7-9-23(10-8-22)16-11-15(20-17(18)21-16)19-12-13-5-3-4-6-14(13)24-2/h3-6,11H,7-10,12H2,1-2H3,(H3,18,19,20,21). The number of piperazine rings is 1. The summed E-state index contributed by atoms with van der Waals surface area (Å²) in [4.78, 5) is 13.2. The van der Waals surface area contributed by atoms with E-state index in [1.165, 1.54) is 0 Å². The number of rotatable bonds is 5. The first-order valence-electron chi connectivity index (χ1n) is 8.09. The van der Waals surface area contributed by atoms with Gasteiger partial charge in [0.2, 0.25) is 5.95 Å². The first-order chi connectivity index (χ1) is 11.7. The van der Waals surface area contributed by atoms with Gasteiger partial charge in [-0.15, -0.1) is 0 Å². The van der Waals surface area contributed by atoms with Gasteiger partial charge in [-0.3, -0.25) is 0 Å². The highest BCUT2D eigenvalue weighted by Gasteiger charge is 2.16. The van der Waals surface area contributed by atoms with Gasteiger partial charge in [-0.2, -0.15) is 9.97 Å². The molecule has 0 aliphatic carbocycles. The topological polar surface area (TPSA) is 79.5 Å². The molecule has 0 saturated carbocycles. The molecule has 1 aliphatic rings. The second-order valence-corrected chi connectivity index (χ2v) is 5.93. The first-order valence-corrected chi connectivity index (χ1v) is 8.09. The molecule has 0 radical (unpaired) electrons. The van der Waals surface area contributed by atoms with Crippen molar-refractivity contribution in [3.63, 3.8) is 0 Å². The maximum absolute atomic E-state index is 5.89. The van der Waals surface area contributed by atoms with E-state index < -0.39 is 0 Å². The predicted molar refractivity (Wildman–Crippen MR) is 96.5 cm³/mol. The summed E-state index contributed by atoms with van der Waals surface area (Å²) in [5, 5.41) is 3.32. The highest BCUT2D eigenvalue weighted by atomic mass is 16.5. The van der Waals surface area contributed by atoms with Gasteiger partial charge in [-0.1, -0.05) is 18.2 Å². The number of methoxy groups -OCH3 is 1. The van der Waals surface area contributed by atoms with Gasteiger partial charge in [0.1, 0.15) is 17.4 Å². The minimum absolute atomic E-state index is 0.286. The molecule has 0 bridgehead atoms. The van der Waals surface area contributed by atoms with Crippen molar-refractivity contribution in [3.05, 3.63) is 35.9 Å². The number of hydrogen-bond donors (Lipinski definition) is 2. The molecule has 1 aromatic carbocycles. The molecule has 3 rings (SSSR count). The Labute approximate surface area is 142 Å². The third-order valence-corrected chi connectivity index (χ3v) is 4.21. The van der Waals surface area contributed by atoms with Crippen LogP contribution in [-0.4, -0.2) is 55.2 Å². The average Bonchev–Trinajstić information content (AvgIpc) is 2.60. The average molecular weight is 328 g/mol. The maximum atomic E-state index is 5.89. The van der Waals surface area contributed by atoms with Gasteiger partial charge in [0.15, 0.2) is 0 Å². The molecule has 1 aliphatic heterocycles. The lowest BCUT2D eigenvalue weighted by atomic mass is 10.2. The van der Waals surface area contributed by atoms with E-state index in [1.807, 2.05) is 30.3 Å². The molecular weight excluding hydrogens is 304 g/mol. The number of nitrogens with two attached hydrogens (primary N) is 1. The molecular formula is C17H24N6O. The molecule has 7 nitrogen and oxygen atoms in total. The zero-order chi connectivity index (χ0) is 16.9. The van der Waals surface area contributed by atoms with Crippen LogP contribution in [-0.2, 0) is 6.54 Å². The summed E-state index contributed by atoms with van der Waals surface area (Å²) >= 11 is 0. The van der Waals surface area contributed by atoms with Crippen molar-refractivity contribution >= 4 is 17.6 Å². The number of nitrogen functional groups attached to an aromatic ring is 1. The Balaban J connectivity index is 1.72. The Hall–Kier alpha value is -2.54. The van der Waals surface area contributed by atoms with Crippen LogP contribution >= 0.6 is 0 Å². The quantitative estimate of drug-likeness (QED) is 0.859. The second kappa shape index (κ2) is 7.35. The van der Waals surface area contributed by atoms with Crippen molar-refractivity contribution in [2.75, 3.05) is 56.3 Å². The molecule has 2 aromatic rings. The van der Waals surface area contributed by atoms with Crippen molar-refractivity contribution in [2.45, 2.75) is 6.54 Å². The van der Waals surface area contributed by atoms with Crippen LogP contribution in [0.2, 0.25) is 0 Å². The van der Waals surface area contributed by atoms with E-state index in [0.717, 1.165) is 49.1 Å². The molecule has 1 saturated heterocycles. The van der Waals surface area contributed by atoms with Crippen molar-refractivity contribution in [1.29, 1.82) is 0 Å². The number of likely N-dealkylation sites (N-methyl/N-ethyl adjacent to an activating group) is 1. The minimum atomic E-state index is 0.286. The van der Waals surface area contributed by atoms with Gasteiger partial charge in [-0.25, -0.2) is 0 Å². The normalized spacial score (nSPS) is 15.3. The van der Waals surface area contributed by atoms with Crippen LogP contribution in [0.3, 0.4) is 0 Å². The summed E-state index contributed by atoms with van der Waals surface area (Å²) in [6.07, 6.45) is 0. The Morgan fingerprint density at radius 1 is 1.17 bits per heavy atom. The summed E-state index contributed by atoms with van der Waals surface area (Å²) in [7, 11) is 3.80. The molecule has 3 N–H and O–H groups in total. The van der Waals surface area contributed by atoms with E-state index in [0.29, 0.717) is 6.54 Å². The van der Waals surface area contributed by atoms with Gasteiger partial charge >= 0.3 is 0 Å². The fourth-order valence-electron chi connectivity index (χ4n) is 2.78. The molecule has 0 atom stereocenters. The Morgan fingerprint density at radius 3 is 2.67 bits per heavy atom. The van der Waals surface area contributed by atoms with E-state index in [2.05, 4.69) is 32.1 Å². The third kappa shape index (κ3) is 3.86. The van der Waals surface area contributed by atoms with E-state index in [9.17, 15) is 0 Å². The number of nitrogens with one attached hydrogen (secondary N) is 1. The number of benzene rings is 1. The lowest BCUT2D eigenvalue weighted by Crippen LogP contribution is -2.44. The summed E-state index contributed by atoms with van der Waals surface area (Å²) in [6, 6.07) is 9.87. The number of ether oxygens (including phenoxy) is 1. The van der Waals surface area contributed by atoms with Crippen LogP contribution in [0.1, 0.15) is 5.56 Å². The number of para-hydroxylation sites is 1. The first kappa shape index (κ1) is 16.3. The molecule has 0 unspecified atom stereocenters. The summed E-state index contributed by atoms with van der Waals surface area (Å²) in [5.41, 5.74) is 6.96. The maximum Gasteiger partial charge on any atom is 0.223 e. The summed E-state index contributed by atoms with van der Waals surface area (Å²) in [6.45, 7) is 4.54. The van der Waals surface area contributed by atoms with Crippen molar-refractivity contribution < 1.29 is 4.74 Å². The van der Waals surface area contributed by atoms with Crippen molar-refractivity contribution in [1.82, 2.24) is 14.9 Å². The number of hydrogen-bond acceptors (Lipinski definition) is 7. The van der Waals surface area contributed by atoms with Crippen LogP contribution in [0.25, 0.3) is 0 Å². The van der Waals surface area contributed by atoms with Crippen LogP contribution in [0.15, 0.2) is 30.3 Å². The molecule has 24 heavy (non-hydrogen) atoms. The highest BCUT2D eigenvalue weighted by Crippen LogP contribution is 2.21. The van der Waals surface area contributed by atoms with Gasteiger partial charge < -0.3 is 25.6 Å². The Kier molecular flexibility index (Phi) is 5.00. The van der Waals surface area contributed by atoms with Crippen molar-refractivity contribution in [2.24, 2.45) is 0 Å². The van der Waals surface area contributed by atoms with Gasteiger partial charge in [-0.05, 0) is 13.1 Å². The molecule has 128 valence electrons. The number of nitrogens with zero attached hydrogens (tertiary/aromatic N) is 4. The largest absolute Gasteiger partial charge is 0.496 e. The predicted octanol–water partition coefficient (Wildman–Crippen LogP) is 1.43. The number of anilines is 3. The van der Waals surface area contributed by atoms with E-state index in [4.69, 9.17) is 10.5 Å². The van der Waals surface area contributed by atoms with Crippen LogP contribution in [0, 0.1) is 0 Å². The molecule has 1 fully saturated rings. The van der Waals surface area contributed by atoms with Crippen LogP contribution < -0.4 is 20.7 Å². The van der Waals surface area contributed by atoms with Crippen LogP contribution in [0.4, 0.5) is 17.6 Å². The van der Waals surface area contributed by atoms with E-state index in [1.54, 1.807) is 7.11 Å². The SMILES string of the molecule is COc1ccccc1CNc1cc(N2CCN(C)CC2)nc(N)n1. The summed E-state index contributed by atoms with van der Waals surface area (Å²) in [5.74, 6) is 2.74. The van der Waals surface area contributed by atoms with Gasteiger partial charge in [0, 0.05) is 44.4 Å². The molecule has 7 heteroatoms. The Morgan fingerprint density at radius 2 is 1.92 bits per heavy atom. The minimum Gasteiger partial charge on any atom is -0.496 e. The zero-order valence-electron chi connectivity index (χ0n) is 14.2. The Bertz CT molecular complexity index is 685. The fraction of sp³-hybridized carbons (Fsp3) is 0.412. The smallest absolute Gasteiger partial charge is 0.223 e. The monoisotopic (exact) mass is 328 g/mol. The van der Waals surface area contributed by atoms with Crippen LogP contribution in [0.5, 0.6) is 5.75 Å². The molecule has 2 heterocycles. The lowest BCUT2D eigenvalue weighted by molar-refractivity contribution is 0.312.